The minimum Gasteiger partial charge on any atom is -0.384 e. The summed E-state index contributed by atoms with van der Waals surface area (Å²) in [4.78, 5) is 4.18. The molecule has 3 heteroatoms. The molecule has 0 bridgehead atoms. The first-order valence-corrected chi connectivity index (χ1v) is 4.23. The van der Waals surface area contributed by atoms with Crippen LogP contribution in [0.1, 0.15) is 19.5 Å². The number of nitrogens with zero attached hydrogens (tertiary/aromatic N) is 2. The Bertz CT molecular complexity index is 426. The normalized spacial score (nSPS) is 12.2. The van der Waals surface area contributed by atoms with E-state index in [0.29, 0.717) is 5.69 Å². The van der Waals surface area contributed by atoms with Gasteiger partial charge in [-0.25, -0.2) is 0 Å². The lowest BCUT2D eigenvalue weighted by atomic mass is 10.0. The van der Waals surface area contributed by atoms with E-state index in [1.54, 1.807) is 20.0 Å². The first-order valence-electron chi connectivity index (χ1n) is 4.23. The summed E-state index contributed by atoms with van der Waals surface area (Å²) >= 11 is 0. The van der Waals surface area contributed by atoms with E-state index in [2.05, 4.69) is 4.98 Å². The van der Waals surface area contributed by atoms with Crippen LogP contribution in [0.15, 0.2) is 30.7 Å². The van der Waals surface area contributed by atoms with Crippen molar-refractivity contribution in [2.75, 3.05) is 0 Å². The van der Waals surface area contributed by atoms with Crippen molar-refractivity contribution in [2.24, 2.45) is 0 Å². The number of fused-ring (bicyclic) bond motifs is 1. The summed E-state index contributed by atoms with van der Waals surface area (Å²) in [5.74, 6) is 0. The van der Waals surface area contributed by atoms with E-state index in [1.165, 1.54) is 0 Å². The Hall–Kier alpha value is -1.35. The molecule has 3 nitrogen and oxygen atoms in total. The second-order valence-corrected chi connectivity index (χ2v) is 3.64. The lowest BCUT2D eigenvalue weighted by molar-refractivity contribution is 0.0751. The van der Waals surface area contributed by atoms with Gasteiger partial charge in [-0.2, -0.15) is 0 Å². The van der Waals surface area contributed by atoms with E-state index >= 15 is 0 Å². The number of rotatable bonds is 1. The highest BCUT2D eigenvalue weighted by Gasteiger charge is 2.20. The van der Waals surface area contributed by atoms with E-state index in [9.17, 15) is 5.11 Å². The molecular formula is C10H12N2O. The summed E-state index contributed by atoms with van der Waals surface area (Å²) in [5.41, 5.74) is 0.774. The maximum absolute atomic E-state index is 9.83. The highest BCUT2D eigenvalue weighted by atomic mass is 16.3. The predicted octanol–water partition coefficient (Wildman–Crippen LogP) is 1.56. The van der Waals surface area contributed by atoms with Gasteiger partial charge in [-0.1, -0.05) is 0 Å². The van der Waals surface area contributed by atoms with E-state index in [4.69, 9.17) is 0 Å². The maximum atomic E-state index is 9.83. The minimum absolute atomic E-state index is 0.708. The molecular weight excluding hydrogens is 164 g/mol. The molecule has 0 aliphatic rings. The Morgan fingerprint density at radius 3 is 2.85 bits per heavy atom. The molecule has 2 aromatic rings. The van der Waals surface area contributed by atoms with Gasteiger partial charge in [0, 0.05) is 18.6 Å². The Labute approximate surface area is 76.7 Å². The van der Waals surface area contributed by atoms with Gasteiger partial charge in [0.25, 0.3) is 0 Å². The highest BCUT2D eigenvalue weighted by molar-refractivity contribution is 5.53. The molecule has 13 heavy (non-hydrogen) atoms. The summed E-state index contributed by atoms with van der Waals surface area (Å²) in [6.07, 6.45) is 5.50. The zero-order chi connectivity index (χ0) is 9.47. The minimum atomic E-state index is -0.888. The molecule has 2 heterocycles. The molecule has 0 aromatic carbocycles. The summed E-state index contributed by atoms with van der Waals surface area (Å²) in [7, 11) is 0. The fourth-order valence-corrected chi connectivity index (χ4v) is 1.44. The van der Waals surface area contributed by atoms with Gasteiger partial charge in [-0.15, -0.1) is 0 Å². The van der Waals surface area contributed by atoms with Crippen LogP contribution in [0.2, 0.25) is 0 Å². The summed E-state index contributed by atoms with van der Waals surface area (Å²) in [6, 6.07) is 3.88. The Balaban J connectivity index is 2.75. The van der Waals surface area contributed by atoms with Crippen molar-refractivity contribution < 1.29 is 5.11 Å². The number of hydrogen-bond donors (Lipinski definition) is 1. The van der Waals surface area contributed by atoms with Gasteiger partial charge in [0.15, 0.2) is 0 Å². The monoisotopic (exact) mass is 176 g/mol. The molecule has 0 saturated heterocycles. The van der Waals surface area contributed by atoms with Crippen molar-refractivity contribution in [2.45, 2.75) is 19.4 Å². The fraction of sp³-hybridized carbons (Fsp3) is 0.300. The largest absolute Gasteiger partial charge is 0.384 e. The van der Waals surface area contributed by atoms with E-state index in [0.717, 1.165) is 5.52 Å². The van der Waals surface area contributed by atoms with E-state index in [-0.39, 0.29) is 0 Å². The average molecular weight is 176 g/mol. The van der Waals surface area contributed by atoms with Gasteiger partial charge in [-0.3, -0.25) is 4.98 Å². The lowest BCUT2D eigenvalue weighted by Crippen LogP contribution is -2.18. The van der Waals surface area contributed by atoms with Gasteiger partial charge in [0.05, 0.1) is 11.2 Å². The molecule has 0 radical (unpaired) electrons. The van der Waals surface area contributed by atoms with Crippen molar-refractivity contribution in [1.29, 1.82) is 0 Å². The Morgan fingerprint density at radius 2 is 2.15 bits per heavy atom. The summed E-state index contributed by atoms with van der Waals surface area (Å²) in [5, 5.41) is 9.83. The molecule has 0 spiro atoms. The molecule has 0 amide bonds. The third-order valence-corrected chi connectivity index (χ3v) is 2.03. The quantitative estimate of drug-likeness (QED) is 0.716. The zero-order valence-corrected chi connectivity index (χ0v) is 7.73. The topological polar surface area (TPSA) is 37.5 Å². The van der Waals surface area contributed by atoms with Crippen LogP contribution >= 0.6 is 0 Å². The van der Waals surface area contributed by atoms with Crippen LogP contribution < -0.4 is 0 Å². The molecule has 0 aliphatic carbocycles. The molecule has 0 fully saturated rings. The van der Waals surface area contributed by atoms with E-state index in [1.807, 2.05) is 28.9 Å². The number of hydrogen-bond acceptors (Lipinski definition) is 2. The fourth-order valence-electron chi connectivity index (χ4n) is 1.44. The summed E-state index contributed by atoms with van der Waals surface area (Å²) in [6.45, 7) is 3.48. The first kappa shape index (κ1) is 8.26. The van der Waals surface area contributed by atoms with Crippen molar-refractivity contribution >= 4 is 5.52 Å². The molecule has 0 aliphatic heterocycles. The number of aromatic nitrogens is 2. The van der Waals surface area contributed by atoms with Gasteiger partial charge < -0.3 is 9.51 Å². The van der Waals surface area contributed by atoms with Gasteiger partial charge in [0.1, 0.15) is 5.60 Å². The second-order valence-electron chi connectivity index (χ2n) is 3.64. The molecule has 2 aromatic heterocycles. The van der Waals surface area contributed by atoms with Crippen LogP contribution in [0.25, 0.3) is 5.52 Å². The van der Waals surface area contributed by atoms with Crippen molar-refractivity contribution in [3.63, 3.8) is 0 Å². The molecule has 68 valence electrons. The van der Waals surface area contributed by atoms with Crippen LogP contribution in [0, 0.1) is 0 Å². The van der Waals surface area contributed by atoms with Crippen LogP contribution in [0.5, 0.6) is 0 Å². The first-order chi connectivity index (χ1) is 6.09. The van der Waals surface area contributed by atoms with Gasteiger partial charge in [-0.05, 0) is 26.0 Å². The standard InChI is InChI=1S/C10H12N2O/c1-10(2,13)9-8-4-3-6-12(8)7-5-11-9/h3-7,13H,1-2H3. The highest BCUT2D eigenvalue weighted by Crippen LogP contribution is 2.21. The van der Waals surface area contributed by atoms with Crippen LogP contribution in [0.3, 0.4) is 0 Å². The molecule has 2 rings (SSSR count). The third kappa shape index (κ3) is 1.31. The van der Waals surface area contributed by atoms with Crippen molar-refractivity contribution in [1.82, 2.24) is 9.38 Å². The average Bonchev–Trinajstić information content (AvgIpc) is 2.48. The summed E-state index contributed by atoms with van der Waals surface area (Å²) < 4.78 is 1.94. The molecule has 0 saturated carbocycles. The van der Waals surface area contributed by atoms with E-state index < -0.39 is 5.60 Å². The predicted molar refractivity (Wildman–Crippen MR) is 50.4 cm³/mol. The molecule has 0 unspecified atom stereocenters. The Morgan fingerprint density at radius 1 is 1.38 bits per heavy atom. The zero-order valence-electron chi connectivity index (χ0n) is 7.73. The number of aliphatic hydroxyl groups is 1. The van der Waals surface area contributed by atoms with Crippen LogP contribution in [-0.2, 0) is 5.60 Å². The lowest BCUT2D eigenvalue weighted by Gasteiger charge is -2.17. The SMILES string of the molecule is CC(C)(O)c1nccn2cccc12. The van der Waals surface area contributed by atoms with Crippen molar-refractivity contribution in [3.05, 3.63) is 36.4 Å². The molecule has 0 atom stereocenters. The molecule has 1 N–H and O–H groups in total. The maximum Gasteiger partial charge on any atom is 0.103 e. The smallest absolute Gasteiger partial charge is 0.103 e. The van der Waals surface area contributed by atoms with Crippen molar-refractivity contribution in [3.8, 4) is 0 Å². The second kappa shape index (κ2) is 2.57. The van der Waals surface area contributed by atoms with Crippen LogP contribution in [0.4, 0.5) is 0 Å². The van der Waals surface area contributed by atoms with Gasteiger partial charge >= 0.3 is 0 Å². The Kier molecular flexibility index (Phi) is 1.63. The van der Waals surface area contributed by atoms with Crippen LogP contribution in [-0.4, -0.2) is 14.5 Å². The van der Waals surface area contributed by atoms with Gasteiger partial charge in [0.2, 0.25) is 0 Å². The third-order valence-electron chi connectivity index (χ3n) is 2.03.